The second-order valence-corrected chi connectivity index (χ2v) is 5.97. The predicted molar refractivity (Wildman–Crippen MR) is 71.5 cm³/mol. The number of aliphatic hydroxyl groups excluding tert-OH is 4. The van der Waals surface area contributed by atoms with Gasteiger partial charge in [-0.1, -0.05) is 42.1 Å². The molecule has 5 N–H and O–H groups in total. The first-order valence-corrected chi connectivity index (χ1v) is 7.51. The third-order valence-corrected chi connectivity index (χ3v) is 3.99. The average molecular weight is 343 g/mol. The van der Waals surface area contributed by atoms with Crippen LogP contribution in [-0.2, 0) is 4.74 Å². The van der Waals surface area contributed by atoms with E-state index in [2.05, 4.69) is 22.9 Å². The van der Waals surface area contributed by atoms with E-state index in [9.17, 15) is 25.5 Å². The lowest BCUT2D eigenvalue weighted by molar-refractivity contribution is -0.353. The van der Waals surface area contributed by atoms with Crippen LogP contribution in [0.2, 0.25) is 0 Å². The van der Waals surface area contributed by atoms with Gasteiger partial charge in [-0.2, -0.15) is 0 Å². The highest BCUT2D eigenvalue weighted by molar-refractivity contribution is 9.09. The molecule has 1 heterocycles. The van der Waals surface area contributed by atoms with E-state index in [-0.39, 0.29) is 6.42 Å². The first-order valence-electron chi connectivity index (χ1n) is 6.60. The van der Waals surface area contributed by atoms with Crippen LogP contribution >= 0.6 is 15.9 Å². The largest absolute Gasteiger partial charge is 0.387 e. The molecule has 0 spiro atoms. The minimum Gasteiger partial charge on any atom is -0.387 e. The molecule has 0 saturated carbocycles. The van der Waals surface area contributed by atoms with Gasteiger partial charge in [0.1, 0.15) is 29.4 Å². The summed E-state index contributed by atoms with van der Waals surface area (Å²) in [5, 5.41) is 47.7. The molecule has 1 saturated heterocycles. The highest BCUT2D eigenvalue weighted by Crippen LogP contribution is 2.34. The average Bonchev–Trinajstić information content (AvgIpc) is 2.37. The summed E-state index contributed by atoms with van der Waals surface area (Å²) < 4.78 is 5.21. The monoisotopic (exact) mass is 342 g/mol. The summed E-state index contributed by atoms with van der Waals surface area (Å²) in [4.78, 5) is 0. The van der Waals surface area contributed by atoms with Gasteiger partial charge < -0.3 is 30.3 Å². The molecule has 1 rings (SSSR count). The van der Waals surface area contributed by atoms with Crippen LogP contribution in [-0.4, -0.2) is 60.7 Å². The number of rotatable bonds is 6. The summed E-state index contributed by atoms with van der Waals surface area (Å²) in [5.41, 5.74) is 0. The summed E-state index contributed by atoms with van der Waals surface area (Å²) in [7, 11) is 0. The van der Waals surface area contributed by atoms with Gasteiger partial charge >= 0.3 is 0 Å². The Morgan fingerprint density at radius 1 is 1.16 bits per heavy atom. The maximum absolute atomic E-state index is 10.3. The van der Waals surface area contributed by atoms with E-state index in [1.165, 1.54) is 0 Å². The van der Waals surface area contributed by atoms with E-state index in [1.807, 2.05) is 0 Å². The van der Waals surface area contributed by atoms with E-state index in [1.54, 1.807) is 0 Å². The Kier molecular flexibility index (Phi) is 6.65. The molecule has 6 nitrogen and oxygen atoms in total. The highest BCUT2D eigenvalue weighted by atomic mass is 79.9. The molecule has 0 aromatic rings. The van der Waals surface area contributed by atoms with Crippen LogP contribution in [0.4, 0.5) is 0 Å². The lowest BCUT2D eigenvalue weighted by Crippen LogP contribution is -2.66. The van der Waals surface area contributed by atoms with Crippen molar-refractivity contribution in [1.82, 2.24) is 0 Å². The Hall–Kier alpha value is 0.240. The summed E-state index contributed by atoms with van der Waals surface area (Å²) in [5.74, 6) is -1.95. The normalized spacial score (nSPS) is 41.2. The molecule has 0 radical (unpaired) electrons. The first-order chi connectivity index (χ1) is 8.83. The van der Waals surface area contributed by atoms with Crippen molar-refractivity contribution < 1.29 is 30.3 Å². The molecule has 0 amide bonds. The Labute approximate surface area is 121 Å². The molecule has 0 aromatic carbocycles. The van der Waals surface area contributed by atoms with Crippen LogP contribution in [0.3, 0.4) is 0 Å². The van der Waals surface area contributed by atoms with Gasteiger partial charge in [-0.25, -0.2) is 0 Å². The van der Waals surface area contributed by atoms with Crippen LogP contribution in [0, 0.1) is 0 Å². The van der Waals surface area contributed by atoms with Crippen LogP contribution < -0.4 is 0 Å². The maximum atomic E-state index is 10.3. The molecule has 1 fully saturated rings. The van der Waals surface area contributed by atoms with Crippen molar-refractivity contribution in [3.63, 3.8) is 0 Å². The van der Waals surface area contributed by atoms with Gasteiger partial charge in [-0.3, -0.25) is 0 Å². The SMILES string of the molecule is CCCCCCC1(O)O[C@H](C(O)Br)[C@H](O)[C@H](O)[C@H]1O. The number of aliphatic hydroxyl groups is 5. The second-order valence-electron chi connectivity index (χ2n) is 5.04. The summed E-state index contributed by atoms with van der Waals surface area (Å²) in [6.07, 6.45) is -2.18. The fraction of sp³-hybridized carbons (Fsp3) is 1.00. The number of ether oxygens (including phenoxy) is 1. The van der Waals surface area contributed by atoms with Crippen LogP contribution in [0.25, 0.3) is 0 Å². The zero-order valence-corrected chi connectivity index (χ0v) is 12.5. The molecule has 2 unspecified atom stereocenters. The summed E-state index contributed by atoms with van der Waals surface area (Å²) in [6, 6.07) is 0. The first kappa shape index (κ1) is 17.3. The number of halogens is 1. The van der Waals surface area contributed by atoms with Gasteiger partial charge in [0.15, 0.2) is 5.79 Å². The predicted octanol–water partition coefficient (Wildman–Crippen LogP) is -0.160. The van der Waals surface area contributed by atoms with Crippen molar-refractivity contribution in [2.45, 2.75) is 74.2 Å². The molecule has 114 valence electrons. The smallest absolute Gasteiger partial charge is 0.195 e. The van der Waals surface area contributed by atoms with Gasteiger partial charge in [0.05, 0.1) is 0 Å². The van der Waals surface area contributed by atoms with Crippen molar-refractivity contribution >= 4 is 15.9 Å². The summed E-state index contributed by atoms with van der Waals surface area (Å²) >= 11 is 2.84. The van der Waals surface area contributed by atoms with Crippen molar-refractivity contribution in [3.8, 4) is 0 Å². The Balaban J connectivity index is 2.69. The van der Waals surface area contributed by atoms with E-state index in [0.717, 1.165) is 19.3 Å². The van der Waals surface area contributed by atoms with E-state index < -0.39 is 35.2 Å². The van der Waals surface area contributed by atoms with Gasteiger partial charge in [0.25, 0.3) is 0 Å². The number of hydrogen-bond donors (Lipinski definition) is 5. The zero-order chi connectivity index (χ0) is 14.6. The zero-order valence-electron chi connectivity index (χ0n) is 10.9. The number of hydrogen-bond acceptors (Lipinski definition) is 6. The molecule has 7 heteroatoms. The third kappa shape index (κ3) is 4.10. The van der Waals surface area contributed by atoms with Crippen LogP contribution in [0.15, 0.2) is 0 Å². The fourth-order valence-electron chi connectivity index (χ4n) is 2.25. The molecule has 0 aromatic heterocycles. The molecular weight excluding hydrogens is 320 g/mol. The minimum atomic E-state index is -1.95. The van der Waals surface area contributed by atoms with Crippen LogP contribution in [0.1, 0.15) is 39.0 Å². The lowest BCUT2D eigenvalue weighted by Gasteiger charge is -2.46. The van der Waals surface area contributed by atoms with E-state index in [0.29, 0.717) is 6.42 Å². The Bertz CT molecular complexity index is 277. The molecular formula is C12H23BrO6. The standard InChI is InChI=1S/C12H23BrO6/c1-2-3-4-5-6-12(18)10(16)8(15)7(14)9(19-12)11(13)17/h7-11,14-18H,2-6H2,1H3/t7-,8+,9+,10-,11?,12?/m1/s1. The second kappa shape index (κ2) is 7.31. The highest BCUT2D eigenvalue weighted by Gasteiger charge is 2.53. The van der Waals surface area contributed by atoms with Gasteiger partial charge in [0, 0.05) is 6.42 Å². The third-order valence-electron chi connectivity index (χ3n) is 3.47. The van der Waals surface area contributed by atoms with E-state index in [4.69, 9.17) is 4.74 Å². The van der Waals surface area contributed by atoms with Gasteiger partial charge in [-0.15, -0.1) is 0 Å². The lowest BCUT2D eigenvalue weighted by atomic mass is 9.89. The molecule has 19 heavy (non-hydrogen) atoms. The molecule has 1 aliphatic heterocycles. The maximum Gasteiger partial charge on any atom is 0.195 e. The summed E-state index contributed by atoms with van der Waals surface area (Å²) in [6.45, 7) is 2.05. The van der Waals surface area contributed by atoms with Crippen molar-refractivity contribution in [3.05, 3.63) is 0 Å². The van der Waals surface area contributed by atoms with Crippen molar-refractivity contribution in [1.29, 1.82) is 0 Å². The Morgan fingerprint density at radius 2 is 1.79 bits per heavy atom. The van der Waals surface area contributed by atoms with Crippen molar-refractivity contribution in [2.24, 2.45) is 0 Å². The minimum absolute atomic E-state index is 0.133. The van der Waals surface area contributed by atoms with Gasteiger partial charge in [-0.05, 0) is 6.42 Å². The van der Waals surface area contributed by atoms with Crippen molar-refractivity contribution in [2.75, 3.05) is 0 Å². The quantitative estimate of drug-likeness (QED) is 0.339. The number of alkyl halides is 1. The van der Waals surface area contributed by atoms with Crippen LogP contribution in [0.5, 0.6) is 0 Å². The number of unbranched alkanes of at least 4 members (excludes halogenated alkanes) is 3. The molecule has 0 aliphatic carbocycles. The molecule has 6 atom stereocenters. The van der Waals surface area contributed by atoms with Gasteiger partial charge in [0.2, 0.25) is 0 Å². The fourth-order valence-corrected chi connectivity index (χ4v) is 2.67. The molecule has 0 bridgehead atoms. The topological polar surface area (TPSA) is 110 Å². The van der Waals surface area contributed by atoms with E-state index >= 15 is 0 Å². The molecule has 1 aliphatic rings. The Morgan fingerprint density at radius 3 is 2.32 bits per heavy atom.